The molecule has 0 radical (unpaired) electrons. The first kappa shape index (κ1) is 9.77. The van der Waals surface area contributed by atoms with Crippen molar-refractivity contribution in [3.8, 4) is 11.5 Å². The van der Waals surface area contributed by atoms with Crippen molar-refractivity contribution < 1.29 is 9.21 Å². The molecular formula is C12H13NO2. The Kier molecular flexibility index (Phi) is 2.23. The summed E-state index contributed by atoms with van der Waals surface area (Å²) in [6.45, 7) is 3.87. The van der Waals surface area contributed by atoms with Crippen LogP contribution in [0.2, 0.25) is 0 Å². The van der Waals surface area contributed by atoms with Crippen LogP contribution in [0.25, 0.3) is 11.5 Å². The third-order valence-electron chi connectivity index (χ3n) is 2.86. The minimum atomic E-state index is 0.754. The molecule has 0 bridgehead atoms. The van der Waals surface area contributed by atoms with Gasteiger partial charge in [0.25, 0.3) is 0 Å². The minimum absolute atomic E-state index is 0.754. The highest BCUT2D eigenvalue weighted by Crippen LogP contribution is 2.29. The molecule has 3 heteroatoms. The molecule has 0 unspecified atom stereocenters. The van der Waals surface area contributed by atoms with Gasteiger partial charge in [-0.05, 0) is 31.5 Å². The summed E-state index contributed by atoms with van der Waals surface area (Å²) in [7, 11) is 1.94. The van der Waals surface area contributed by atoms with E-state index in [9.17, 15) is 4.79 Å². The molecule has 15 heavy (non-hydrogen) atoms. The van der Waals surface area contributed by atoms with Crippen LogP contribution in [0.4, 0.5) is 0 Å². The number of hydrogen-bond acceptors (Lipinski definition) is 2. The van der Waals surface area contributed by atoms with Crippen molar-refractivity contribution in [1.82, 2.24) is 4.57 Å². The summed E-state index contributed by atoms with van der Waals surface area (Å²) in [5, 5.41) is 0. The zero-order valence-electron chi connectivity index (χ0n) is 9.07. The molecule has 0 aromatic carbocycles. The normalized spacial score (nSPS) is 10.6. The summed E-state index contributed by atoms with van der Waals surface area (Å²) < 4.78 is 7.34. The highest BCUT2D eigenvalue weighted by Gasteiger charge is 2.17. The van der Waals surface area contributed by atoms with E-state index in [1.807, 2.05) is 37.6 Å². The average molecular weight is 203 g/mol. The molecule has 3 nitrogen and oxygen atoms in total. The number of aldehydes is 1. The molecule has 0 atom stereocenters. The maximum Gasteiger partial charge on any atom is 0.152 e. The van der Waals surface area contributed by atoms with Crippen LogP contribution in [0.15, 0.2) is 22.8 Å². The van der Waals surface area contributed by atoms with Crippen molar-refractivity contribution in [2.75, 3.05) is 0 Å². The number of carbonyl (C=O) groups excluding carboxylic acids is 1. The first-order valence-electron chi connectivity index (χ1n) is 4.81. The molecule has 2 heterocycles. The van der Waals surface area contributed by atoms with E-state index in [0.29, 0.717) is 0 Å². The van der Waals surface area contributed by atoms with Crippen LogP contribution in [-0.4, -0.2) is 10.9 Å². The summed E-state index contributed by atoms with van der Waals surface area (Å²) in [6, 6.07) is 3.74. The van der Waals surface area contributed by atoms with E-state index in [1.54, 1.807) is 6.26 Å². The number of rotatable bonds is 2. The van der Waals surface area contributed by atoms with Crippen LogP contribution in [0.5, 0.6) is 0 Å². The quantitative estimate of drug-likeness (QED) is 0.703. The molecule has 0 fully saturated rings. The standard InChI is InChI=1S/C12H13NO2/c1-8-10(7-14)9(2)13(3)12(8)11-5-4-6-15-11/h4-7H,1-3H3. The number of carbonyl (C=O) groups is 1. The SMILES string of the molecule is Cc1c(C=O)c(C)n(C)c1-c1ccco1. The van der Waals surface area contributed by atoms with Crippen LogP contribution >= 0.6 is 0 Å². The van der Waals surface area contributed by atoms with Gasteiger partial charge in [0, 0.05) is 18.3 Å². The van der Waals surface area contributed by atoms with Crippen LogP contribution in [0.3, 0.4) is 0 Å². The van der Waals surface area contributed by atoms with Crippen molar-refractivity contribution in [3.05, 3.63) is 35.2 Å². The van der Waals surface area contributed by atoms with Crippen molar-refractivity contribution in [2.24, 2.45) is 7.05 Å². The van der Waals surface area contributed by atoms with Crippen LogP contribution in [-0.2, 0) is 7.05 Å². The fourth-order valence-corrected chi connectivity index (χ4v) is 1.94. The molecule has 0 aliphatic heterocycles. The van der Waals surface area contributed by atoms with Gasteiger partial charge in [-0.2, -0.15) is 0 Å². The second-order valence-electron chi connectivity index (χ2n) is 3.63. The van der Waals surface area contributed by atoms with Crippen LogP contribution in [0, 0.1) is 13.8 Å². The molecule has 0 saturated carbocycles. The van der Waals surface area contributed by atoms with Gasteiger partial charge in [0.15, 0.2) is 12.0 Å². The van der Waals surface area contributed by atoms with Crippen molar-refractivity contribution in [2.45, 2.75) is 13.8 Å². The van der Waals surface area contributed by atoms with Crippen molar-refractivity contribution in [3.63, 3.8) is 0 Å². The second-order valence-corrected chi connectivity index (χ2v) is 3.63. The van der Waals surface area contributed by atoms with Gasteiger partial charge in [0.05, 0.1) is 12.0 Å². The van der Waals surface area contributed by atoms with Gasteiger partial charge in [0.1, 0.15) is 0 Å². The summed E-state index contributed by atoms with van der Waals surface area (Å²) in [6.07, 6.45) is 2.54. The topological polar surface area (TPSA) is 35.1 Å². The number of aromatic nitrogens is 1. The van der Waals surface area contributed by atoms with E-state index >= 15 is 0 Å². The Morgan fingerprint density at radius 1 is 1.40 bits per heavy atom. The molecule has 2 aromatic heterocycles. The van der Waals surface area contributed by atoms with E-state index in [2.05, 4.69) is 0 Å². The third kappa shape index (κ3) is 1.31. The largest absolute Gasteiger partial charge is 0.463 e. The fraction of sp³-hybridized carbons (Fsp3) is 0.250. The van der Waals surface area contributed by atoms with E-state index in [-0.39, 0.29) is 0 Å². The first-order valence-corrected chi connectivity index (χ1v) is 4.81. The van der Waals surface area contributed by atoms with Gasteiger partial charge in [-0.3, -0.25) is 4.79 Å². The van der Waals surface area contributed by atoms with Gasteiger partial charge in [-0.25, -0.2) is 0 Å². The summed E-state index contributed by atoms with van der Waals surface area (Å²) in [5.74, 6) is 0.797. The Balaban J connectivity index is 2.73. The smallest absolute Gasteiger partial charge is 0.152 e. The summed E-state index contributed by atoms with van der Waals surface area (Å²) in [4.78, 5) is 10.9. The van der Waals surface area contributed by atoms with Crippen LogP contribution in [0.1, 0.15) is 21.6 Å². The molecule has 0 aliphatic carbocycles. The van der Waals surface area contributed by atoms with E-state index in [1.165, 1.54) is 0 Å². The van der Waals surface area contributed by atoms with Gasteiger partial charge in [-0.15, -0.1) is 0 Å². The lowest BCUT2D eigenvalue weighted by atomic mass is 10.1. The zero-order valence-corrected chi connectivity index (χ0v) is 9.07. The fourth-order valence-electron chi connectivity index (χ4n) is 1.94. The zero-order chi connectivity index (χ0) is 11.0. The lowest BCUT2D eigenvalue weighted by molar-refractivity contribution is 0.112. The lowest BCUT2D eigenvalue weighted by Gasteiger charge is -2.02. The Bertz CT molecular complexity index is 492. The van der Waals surface area contributed by atoms with Crippen molar-refractivity contribution >= 4 is 6.29 Å². The van der Waals surface area contributed by atoms with Crippen LogP contribution < -0.4 is 0 Å². The lowest BCUT2D eigenvalue weighted by Crippen LogP contribution is -1.94. The Labute approximate surface area is 88.3 Å². The number of nitrogens with zero attached hydrogens (tertiary/aromatic N) is 1. The number of hydrogen-bond donors (Lipinski definition) is 0. The Morgan fingerprint density at radius 3 is 2.60 bits per heavy atom. The molecular weight excluding hydrogens is 190 g/mol. The average Bonchev–Trinajstić information content (AvgIpc) is 2.77. The maximum absolute atomic E-state index is 10.9. The monoisotopic (exact) mass is 203 g/mol. The highest BCUT2D eigenvalue weighted by atomic mass is 16.3. The molecule has 0 spiro atoms. The highest BCUT2D eigenvalue weighted by molar-refractivity contribution is 5.83. The summed E-state index contributed by atoms with van der Waals surface area (Å²) in [5.41, 5.74) is 3.66. The van der Waals surface area contributed by atoms with Gasteiger partial charge < -0.3 is 8.98 Å². The Hall–Kier alpha value is -1.77. The Morgan fingerprint density at radius 2 is 2.13 bits per heavy atom. The first-order chi connectivity index (χ1) is 7.16. The minimum Gasteiger partial charge on any atom is -0.463 e. The molecule has 0 N–H and O–H groups in total. The third-order valence-corrected chi connectivity index (χ3v) is 2.86. The van der Waals surface area contributed by atoms with Gasteiger partial charge in [0.2, 0.25) is 0 Å². The van der Waals surface area contributed by atoms with E-state index in [0.717, 1.165) is 34.6 Å². The summed E-state index contributed by atoms with van der Waals surface area (Å²) >= 11 is 0. The molecule has 0 amide bonds. The van der Waals surface area contributed by atoms with E-state index < -0.39 is 0 Å². The van der Waals surface area contributed by atoms with Gasteiger partial charge >= 0.3 is 0 Å². The molecule has 0 aliphatic rings. The maximum atomic E-state index is 10.9. The predicted molar refractivity (Wildman–Crippen MR) is 58.0 cm³/mol. The second kappa shape index (κ2) is 3.42. The molecule has 2 aromatic rings. The van der Waals surface area contributed by atoms with Gasteiger partial charge in [-0.1, -0.05) is 0 Å². The predicted octanol–water partition coefficient (Wildman–Crippen LogP) is 2.71. The molecule has 0 saturated heterocycles. The molecule has 78 valence electrons. The number of furan rings is 1. The molecule has 2 rings (SSSR count). The van der Waals surface area contributed by atoms with Crippen molar-refractivity contribution in [1.29, 1.82) is 0 Å². The van der Waals surface area contributed by atoms with E-state index in [4.69, 9.17) is 4.42 Å².